The molecule has 0 spiro atoms. The van der Waals surface area contributed by atoms with Crippen molar-refractivity contribution in [3.05, 3.63) is 59.9 Å². The monoisotopic (exact) mass is 347 g/mol. The van der Waals surface area contributed by atoms with Crippen molar-refractivity contribution in [3.63, 3.8) is 0 Å². The summed E-state index contributed by atoms with van der Waals surface area (Å²) in [5.41, 5.74) is 2.24. The zero-order valence-corrected chi connectivity index (χ0v) is 14.7. The Morgan fingerprint density at radius 3 is 2.62 bits per heavy atom. The quantitative estimate of drug-likeness (QED) is 0.865. The van der Waals surface area contributed by atoms with Crippen molar-refractivity contribution in [3.8, 4) is 0 Å². The minimum Gasteiger partial charge on any atom is -0.350 e. The lowest BCUT2D eigenvalue weighted by Crippen LogP contribution is -2.47. The summed E-state index contributed by atoms with van der Waals surface area (Å²) in [6.07, 6.45) is 4.40. The normalized spacial score (nSPS) is 12.5. The summed E-state index contributed by atoms with van der Waals surface area (Å²) in [7, 11) is -3.60. The average Bonchev–Trinajstić information content (AvgIpc) is 2.52. The van der Waals surface area contributed by atoms with Gasteiger partial charge in [0.15, 0.2) is 0 Å². The number of benzene rings is 1. The molecule has 0 radical (unpaired) electrons. The third-order valence-corrected chi connectivity index (χ3v) is 4.78. The van der Waals surface area contributed by atoms with Crippen LogP contribution in [-0.4, -0.2) is 31.6 Å². The Bertz CT molecular complexity index is 807. The number of rotatable bonds is 6. The number of nitrogens with zero attached hydrogens (tertiary/aromatic N) is 2. The van der Waals surface area contributed by atoms with E-state index in [-0.39, 0.29) is 5.91 Å². The molecule has 1 amide bonds. The van der Waals surface area contributed by atoms with Crippen LogP contribution < -0.4 is 9.62 Å². The summed E-state index contributed by atoms with van der Waals surface area (Å²) < 4.78 is 25.5. The van der Waals surface area contributed by atoms with Crippen LogP contribution in [0.2, 0.25) is 0 Å². The van der Waals surface area contributed by atoms with Gasteiger partial charge in [0.2, 0.25) is 15.9 Å². The number of sulfonamides is 1. The number of carbonyl (C=O) groups is 1. The van der Waals surface area contributed by atoms with Crippen LogP contribution in [0.1, 0.15) is 18.1 Å². The van der Waals surface area contributed by atoms with Gasteiger partial charge in [0, 0.05) is 18.9 Å². The first-order valence-electron chi connectivity index (χ1n) is 7.51. The molecule has 0 aliphatic rings. The number of carbonyl (C=O) groups excluding carboxylic acids is 1. The van der Waals surface area contributed by atoms with Gasteiger partial charge in [-0.15, -0.1) is 0 Å². The van der Waals surface area contributed by atoms with Gasteiger partial charge in [-0.3, -0.25) is 14.1 Å². The predicted molar refractivity (Wildman–Crippen MR) is 94.0 cm³/mol. The van der Waals surface area contributed by atoms with E-state index in [1.54, 1.807) is 43.6 Å². The Hall–Kier alpha value is -2.41. The second kappa shape index (κ2) is 7.44. The van der Waals surface area contributed by atoms with Crippen molar-refractivity contribution in [2.24, 2.45) is 0 Å². The number of pyridine rings is 1. The van der Waals surface area contributed by atoms with Gasteiger partial charge in [0.05, 0.1) is 11.9 Å². The fraction of sp³-hybridized carbons (Fsp3) is 0.294. The van der Waals surface area contributed by atoms with E-state index in [0.29, 0.717) is 12.2 Å². The Morgan fingerprint density at radius 2 is 2.04 bits per heavy atom. The molecule has 0 aliphatic carbocycles. The van der Waals surface area contributed by atoms with Gasteiger partial charge < -0.3 is 5.32 Å². The van der Waals surface area contributed by atoms with Crippen LogP contribution in [0.15, 0.2) is 48.8 Å². The molecule has 7 heteroatoms. The maximum atomic E-state index is 12.4. The maximum Gasteiger partial charge on any atom is 0.243 e. The highest BCUT2D eigenvalue weighted by atomic mass is 32.2. The van der Waals surface area contributed by atoms with Gasteiger partial charge in [0.1, 0.15) is 6.04 Å². The summed E-state index contributed by atoms with van der Waals surface area (Å²) in [4.78, 5) is 16.4. The van der Waals surface area contributed by atoms with E-state index in [0.717, 1.165) is 21.7 Å². The van der Waals surface area contributed by atoms with E-state index < -0.39 is 16.1 Å². The first kappa shape index (κ1) is 17.9. The summed E-state index contributed by atoms with van der Waals surface area (Å²) >= 11 is 0. The zero-order chi connectivity index (χ0) is 17.7. The summed E-state index contributed by atoms with van der Waals surface area (Å²) in [6, 6.07) is 9.82. The standard InChI is InChI=1S/C17H21N3O3S/c1-13-6-4-8-16(10-13)20(24(3,22)23)14(2)17(21)19-12-15-7-5-9-18-11-15/h4-11,14H,12H2,1-3H3,(H,19,21)/t14-/m0/s1. The van der Waals surface area contributed by atoms with Crippen LogP contribution in [0, 0.1) is 6.92 Å². The van der Waals surface area contributed by atoms with Gasteiger partial charge in [-0.25, -0.2) is 8.42 Å². The molecule has 0 aliphatic heterocycles. The Morgan fingerprint density at radius 1 is 1.29 bits per heavy atom. The highest BCUT2D eigenvalue weighted by molar-refractivity contribution is 7.92. The van der Waals surface area contributed by atoms with Crippen LogP contribution in [0.25, 0.3) is 0 Å². The highest BCUT2D eigenvalue weighted by Crippen LogP contribution is 2.21. The van der Waals surface area contributed by atoms with Gasteiger partial charge in [-0.1, -0.05) is 18.2 Å². The lowest BCUT2D eigenvalue weighted by atomic mass is 10.2. The van der Waals surface area contributed by atoms with E-state index in [9.17, 15) is 13.2 Å². The third kappa shape index (κ3) is 4.55. The molecule has 1 aromatic heterocycles. The number of aryl methyl sites for hydroxylation is 1. The van der Waals surface area contributed by atoms with E-state index in [1.165, 1.54) is 0 Å². The van der Waals surface area contributed by atoms with Crippen molar-refractivity contribution < 1.29 is 13.2 Å². The number of hydrogen-bond donors (Lipinski definition) is 1. The minimum absolute atomic E-state index is 0.294. The molecule has 2 rings (SSSR count). The molecule has 0 fully saturated rings. The molecular formula is C17H21N3O3S. The van der Waals surface area contributed by atoms with Crippen LogP contribution in [0.5, 0.6) is 0 Å². The van der Waals surface area contributed by atoms with Crippen molar-refractivity contribution >= 4 is 21.6 Å². The number of hydrogen-bond acceptors (Lipinski definition) is 4. The number of aromatic nitrogens is 1. The summed E-state index contributed by atoms with van der Waals surface area (Å²) in [6.45, 7) is 3.74. The zero-order valence-electron chi connectivity index (χ0n) is 13.9. The molecule has 128 valence electrons. The Labute approximate surface area is 142 Å². The van der Waals surface area contributed by atoms with Gasteiger partial charge in [-0.05, 0) is 43.2 Å². The molecule has 6 nitrogen and oxygen atoms in total. The molecule has 24 heavy (non-hydrogen) atoms. The summed E-state index contributed by atoms with van der Waals surface area (Å²) in [5, 5.41) is 2.75. The first-order valence-corrected chi connectivity index (χ1v) is 9.36. The largest absolute Gasteiger partial charge is 0.350 e. The fourth-order valence-electron chi connectivity index (χ4n) is 2.41. The highest BCUT2D eigenvalue weighted by Gasteiger charge is 2.28. The number of amides is 1. The van der Waals surface area contributed by atoms with E-state index in [4.69, 9.17) is 0 Å². The topological polar surface area (TPSA) is 79.4 Å². The molecule has 1 N–H and O–H groups in total. The van der Waals surface area contributed by atoms with Gasteiger partial charge in [0.25, 0.3) is 0 Å². The molecule has 0 saturated carbocycles. The Kier molecular flexibility index (Phi) is 5.56. The van der Waals surface area contributed by atoms with E-state index in [2.05, 4.69) is 10.3 Å². The van der Waals surface area contributed by atoms with Crippen LogP contribution in [0.4, 0.5) is 5.69 Å². The average molecular weight is 347 g/mol. The van der Waals surface area contributed by atoms with E-state index in [1.807, 2.05) is 19.1 Å². The molecule has 1 aromatic carbocycles. The molecular weight excluding hydrogens is 326 g/mol. The van der Waals surface area contributed by atoms with Gasteiger partial charge >= 0.3 is 0 Å². The van der Waals surface area contributed by atoms with Crippen LogP contribution in [0.3, 0.4) is 0 Å². The summed E-state index contributed by atoms with van der Waals surface area (Å²) in [5.74, 6) is -0.370. The van der Waals surface area contributed by atoms with Crippen molar-refractivity contribution in [1.82, 2.24) is 10.3 Å². The lowest BCUT2D eigenvalue weighted by molar-refractivity contribution is -0.122. The maximum absolute atomic E-state index is 12.4. The molecule has 2 aromatic rings. The smallest absolute Gasteiger partial charge is 0.243 e. The molecule has 1 atom stereocenters. The SMILES string of the molecule is Cc1cccc(N([C@@H](C)C(=O)NCc2cccnc2)S(C)(=O)=O)c1. The van der Waals surface area contributed by atoms with Crippen LogP contribution in [-0.2, 0) is 21.4 Å². The first-order chi connectivity index (χ1) is 11.3. The second-order valence-electron chi connectivity index (χ2n) is 5.65. The van der Waals surface area contributed by atoms with Crippen molar-refractivity contribution in [2.75, 3.05) is 10.6 Å². The van der Waals surface area contributed by atoms with Crippen molar-refractivity contribution in [2.45, 2.75) is 26.4 Å². The molecule has 0 bridgehead atoms. The second-order valence-corrected chi connectivity index (χ2v) is 7.51. The third-order valence-electron chi connectivity index (χ3n) is 3.53. The van der Waals surface area contributed by atoms with Gasteiger partial charge in [-0.2, -0.15) is 0 Å². The lowest BCUT2D eigenvalue weighted by Gasteiger charge is -2.28. The van der Waals surface area contributed by atoms with Crippen LogP contribution >= 0.6 is 0 Å². The molecule has 1 heterocycles. The van der Waals surface area contributed by atoms with Crippen molar-refractivity contribution in [1.29, 1.82) is 0 Å². The number of anilines is 1. The molecule has 0 unspecified atom stereocenters. The fourth-order valence-corrected chi connectivity index (χ4v) is 3.58. The molecule has 0 saturated heterocycles. The van der Waals surface area contributed by atoms with E-state index >= 15 is 0 Å². The number of nitrogens with one attached hydrogen (secondary N) is 1. The predicted octanol–water partition coefficient (Wildman–Crippen LogP) is 1.86. The minimum atomic E-state index is -3.60. The Balaban J connectivity index is 2.19.